The first kappa shape index (κ1) is 21.8. The van der Waals surface area contributed by atoms with Gasteiger partial charge in [0.25, 0.3) is 0 Å². The van der Waals surface area contributed by atoms with Gasteiger partial charge in [-0.1, -0.05) is 42.1 Å². The maximum absolute atomic E-state index is 13.0. The van der Waals surface area contributed by atoms with Gasteiger partial charge >= 0.3 is 0 Å². The molecule has 6 nitrogen and oxygen atoms in total. The number of rotatable bonds is 4. The van der Waals surface area contributed by atoms with Crippen LogP contribution in [0, 0.1) is 5.92 Å². The Morgan fingerprint density at radius 1 is 1.12 bits per heavy atom. The summed E-state index contributed by atoms with van der Waals surface area (Å²) in [5, 5.41) is 15.3. The second-order valence-corrected chi connectivity index (χ2v) is 9.75. The lowest BCUT2D eigenvalue weighted by Gasteiger charge is -2.52. The lowest BCUT2D eigenvalue weighted by atomic mass is 9.66. The molecule has 1 aliphatic carbocycles. The smallest absolute Gasteiger partial charge is 0.238 e. The number of nitrogens with one attached hydrogen (secondary N) is 1. The maximum atomic E-state index is 13.0. The Bertz CT molecular complexity index is 1030. The van der Waals surface area contributed by atoms with Gasteiger partial charge < -0.3 is 19.9 Å². The van der Waals surface area contributed by atoms with Gasteiger partial charge in [0, 0.05) is 23.5 Å². The van der Waals surface area contributed by atoms with Gasteiger partial charge in [0.15, 0.2) is 11.5 Å². The zero-order chi connectivity index (χ0) is 22.3. The molecule has 0 radical (unpaired) electrons. The average Bonchev–Trinajstić information content (AvgIpc) is 3.23. The van der Waals surface area contributed by atoms with E-state index in [2.05, 4.69) is 10.2 Å². The van der Waals surface area contributed by atoms with E-state index < -0.39 is 5.60 Å². The van der Waals surface area contributed by atoms with Crippen molar-refractivity contribution in [2.45, 2.75) is 43.7 Å². The predicted octanol–water partition coefficient (Wildman–Crippen LogP) is 5.03. The number of carbonyl (C=O) groups excluding carboxylic acids is 1. The summed E-state index contributed by atoms with van der Waals surface area (Å²) in [4.78, 5) is 15.1. The molecule has 2 N–H and O–H groups in total. The van der Waals surface area contributed by atoms with Crippen LogP contribution in [0.1, 0.15) is 43.7 Å². The third-order valence-electron chi connectivity index (χ3n) is 6.96. The highest BCUT2D eigenvalue weighted by atomic mass is 35.5. The Balaban J connectivity index is 1.41. The Morgan fingerprint density at radius 3 is 2.81 bits per heavy atom. The molecule has 2 aromatic carbocycles. The van der Waals surface area contributed by atoms with E-state index in [1.165, 1.54) is 0 Å². The second kappa shape index (κ2) is 8.75. The zero-order valence-electron chi connectivity index (χ0n) is 17.7. The number of halogens is 2. The van der Waals surface area contributed by atoms with E-state index in [0.717, 1.165) is 37.0 Å². The van der Waals surface area contributed by atoms with E-state index in [4.69, 9.17) is 32.7 Å². The quantitative estimate of drug-likeness (QED) is 0.647. The minimum atomic E-state index is -0.703. The van der Waals surface area contributed by atoms with E-state index in [0.29, 0.717) is 34.4 Å². The molecule has 0 aromatic heterocycles. The summed E-state index contributed by atoms with van der Waals surface area (Å²) >= 11 is 12.2. The molecular formula is C24H26Cl2N2O4. The minimum Gasteiger partial charge on any atom is -0.454 e. The molecule has 1 amide bonds. The molecule has 0 spiro atoms. The SMILES string of the molecule is O=C(CN1CC[C@]2(O)CCCC[C@@H]2[C@@H]1c1ccc2c(c1)OCO2)Nc1ccc(Cl)cc1Cl. The van der Waals surface area contributed by atoms with Crippen LogP contribution in [0.2, 0.25) is 10.0 Å². The third-order valence-corrected chi connectivity index (χ3v) is 7.51. The van der Waals surface area contributed by atoms with Crippen LogP contribution in [0.25, 0.3) is 0 Å². The normalized spacial score (nSPS) is 27.1. The van der Waals surface area contributed by atoms with Crippen LogP contribution in [0.5, 0.6) is 11.5 Å². The van der Waals surface area contributed by atoms with Crippen LogP contribution in [-0.2, 0) is 4.79 Å². The lowest BCUT2D eigenvalue weighted by Crippen LogP contribution is -2.56. The summed E-state index contributed by atoms with van der Waals surface area (Å²) < 4.78 is 11.1. The summed E-state index contributed by atoms with van der Waals surface area (Å²) in [6.45, 7) is 1.04. The van der Waals surface area contributed by atoms with Gasteiger partial charge in [-0.2, -0.15) is 0 Å². The molecule has 2 heterocycles. The Labute approximate surface area is 197 Å². The number of aliphatic hydroxyl groups is 1. The van der Waals surface area contributed by atoms with E-state index in [1.807, 2.05) is 18.2 Å². The van der Waals surface area contributed by atoms with Crippen molar-refractivity contribution in [1.29, 1.82) is 0 Å². The summed E-state index contributed by atoms with van der Waals surface area (Å²) in [5.41, 5.74) is 0.870. The number of hydrogen-bond acceptors (Lipinski definition) is 5. The summed E-state index contributed by atoms with van der Waals surface area (Å²) in [5.74, 6) is 1.34. The van der Waals surface area contributed by atoms with Gasteiger partial charge in [-0.05, 0) is 55.2 Å². The molecule has 0 unspecified atom stereocenters. The lowest BCUT2D eigenvalue weighted by molar-refractivity contribution is -0.135. The van der Waals surface area contributed by atoms with Crippen LogP contribution >= 0.6 is 23.2 Å². The zero-order valence-corrected chi connectivity index (χ0v) is 19.2. The number of ether oxygens (including phenoxy) is 2. The molecule has 0 bridgehead atoms. The van der Waals surface area contributed by atoms with Gasteiger partial charge in [-0.25, -0.2) is 0 Å². The van der Waals surface area contributed by atoms with E-state index in [9.17, 15) is 9.90 Å². The highest BCUT2D eigenvalue weighted by Crippen LogP contribution is 2.50. The van der Waals surface area contributed by atoms with E-state index in [1.54, 1.807) is 18.2 Å². The molecule has 2 aromatic rings. The Kier molecular flexibility index (Phi) is 5.97. The number of benzene rings is 2. The fourth-order valence-electron chi connectivity index (χ4n) is 5.43. The number of carbonyl (C=O) groups is 1. The number of amides is 1. The van der Waals surface area contributed by atoms with Gasteiger partial charge in [-0.15, -0.1) is 0 Å². The van der Waals surface area contributed by atoms with Crippen molar-refractivity contribution in [3.05, 3.63) is 52.0 Å². The van der Waals surface area contributed by atoms with Gasteiger partial charge in [0.1, 0.15) is 0 Å². The van der Waals surface area contributed by atoms with Crippen LogP contribution in [-0.4, -0.2) is 41.4 Å². The second-order valence-electron chi connectivity index (χ2n) is 8.91. The Morgan fingerprint density at radius 2 is 1.97 bits per heavy atom. The van der Waals surface area contributed by atoms with Crippen molar-refractivity contribution < 1.29 is 19.4 Å². The van der Waals surface area contributed by atoms with Crippen LogP contribution < -0.4 is 14.8 Å². The molecule has 3 atom stereocenters. The predicted molar refractivity (Wildman–Crippen MR) is 123 cm³/mol. The summed E-state index contributed by atoms with van der Waals surface area (Å²) in [6.07, 6.45) is 4.51. The molecule has 5 rings (SSSR count). The maximum Gasteiger partial charge on any atom is 0.238 e. The molecule has 1 saturated heterocycles. The minimum absolute atomic E-state index is 0.0530. The highest BCUT2D eigenvalue weighted by molar-refractivity contribution is 6.36. The van der Waals surface area contributed by atoms with Crippen molar-refractivity contribution in [2.24, 2.45) is 5.92 Å². The van der Waals surface area contributed by atoms with Crippen LogP contribution in [0.3, 0.4) is 0 Å². The van der Waals surface area contributed by atoms with Gasteiger partial charge in [0.2, 0.25) is 12.7 Å². The summed E-state index contributed by atoms with van der Waals surface area (Å²) in [7, 11) is 0. The van der Waals surface area contributed by atoms with Gasteiger partial charge in [0.05, 0.1) is 22.9 Å². The molecule has 1 saturated carbocycles. The van der Waals surface area contributed by atoms with Crippen molar-refractivity contribution in [3.63, 3.8) is 0 Å². The van der Waals surface area contributed by atoms with Crippen LogP contribution in [0.15, 0.2) is 36.4 Å². The van der Waals surface area contributed by atoms with Crippen LogP contribution in [0.4, 0.5) is 5.69 Å². The number of anilines is 1. The number of fused-ring (bicyclic) bond motifs is 2. The molecule has 2 fully saturated rings. The van der Waals surface area contributed by atoms with Crippen molar-refractivity contribution in [1.82, 2.24) is 4.90 Å². The standard InChI is InChI=1S/C24H26Cl2N2O4/c25-16-5-6-19(18(26)12-16)27-22(29)13-28-10-9-24(30)8-2-1-3-17(24)23(28)15-4-7-20-21(11-15)32-14-31-20/h4-7,11-12,17,23,30H,1-3,8-10,13-14H2,(H,27,29)/t17-,23+,24-/m1/s1. The first-order valence-electron chi connectivity index (χ1n) is 11.0. The first-order valence-corrected chi connectivity index (χ1v) is 11.8. The third kappa shape index (κ3) is 4.17. The molecule has 8 heteroatoms. The summed E-state index contributed by atoms with van der Waals surface area (Å²) in [6, 6.07) is 10.9. The average molecular weight is 477 g/mol. The van der Waals surface area contributed by atoms with Gasteiger partial charge in [-0.3, -0.25) is 9.69 Å². The van der Waals surface area contributed by atoms with Crippen molar-refractivity contribution >= 4 is 34.8 Å². The molecule has 170 valence electrons. The number of likely N-dealkylation sites (tertiary alicyclic amines) is 1. The number of nitrogens with zero attached hydrogens (tertiary/aromatic N) is 1. The molecule has 32 heavy (non-hydrogen) atoms. The topological polar surface area (TPSA) is 71.0 Å². The Hall–Kier alpha value is -1.99. The number of piperidine rings is 1. The van der Waals surface area contributed by atoms with Crippen molar-refractivity contribution in [3.8, 4) is 11.5 Å². The highest BCUT2D eigenvalue weighted by Gasteiger charge is 2.49. The number of hydrogen-bond donors (Lipinski definition) is 2. The molecule has 2 aliphatic heterocycles. The van der Waals surface area contributed by atoms with E-state index in [-0.39, 0.29) is 31.2 Å². The van der Waals surface area contributed by atoms with Crippen molar-refractivity contribution in [2.75, 3.05) is 25.2 Å². The first-order chi connectivity index (χ1) is 15.4. The van der Waals surface area contributed by atoms with E-state index >= 15 is 0 Å². The molecular weight excluding hydrogens is 451 g/mol. The fraction of sp³-hybridized carbons (Fsp3) is 0.458. The largest absolute Gasteiger partial charge is 0.454 e. The fourth-order valence-corrected chi connectivity index (χ4v) is 5.88. The molecule has 3 aliphatic rings. The monoisotopic (exact) mass is 476 g/mol.